The van der Waals surface area contributed by atoms with Crippen molar-refractivity contribution in [3.05, 3.63) is 106 Å². The number of ketones is 1. The maximum atomic E-state index is 13.7. The lowest BCUT2D eigenvalue weighted by Crippen LogP contribution is -2.50. The van der Waals surface area contributed by atoms with Crippen LogP contribution < -0.4 is 0 Å². The van der Waals surface area contributed by atoms with Crippen molar-refractivity contribution in [1.82, 2.24) is 30.0 Å². The SMILES string of the molecule is Cc1cc(C)c2c(c1)C=C(C(c1nnnn1CCc1ccccc1)N1CCN(C(=O)c3ccco3)CC1)C(=O)C2. The maximum Gasteiger partial charge on any atom is 0.289 e. The molecule has 1 atom stereocenters. The molecular formula is C31H32N6O3. The molecule has 204 valence electrons. The van der Waals surface area contributed by atoms with E-state index in [9.17, 15) is 9.59 Å². The van der Waals surface area contributed by atoms with Gasteiger partial charge in [0.2, 0.25) is 0 Å². The van der Waals surface area contributed by atoms with Crippen LogP contribution in [-0.4, -0.2) is 67.9 Å². The number of piperazine rings is 1. The zero-order valence-electron chi connectivity index (χ0n) is 22.8. The van der Waals surface area contributed by atoms with Crippen LogP contribution in [0.3, 0.4) is 0 Å². The number of benzene rings is 2. The molecule has 0 saturated carbocycles. The van der Waals surface area contributed by atoms with Crippen molar-refractivity contribution >= 4 is 17.8 Å². The van der Waals surface area contributed by atoms with Gasteiger partial charge >= 0.3 is 0 Å². The summed E-state index contributed by atoms with van der Waals surface area (Å²) in [4.78, 5) is 30.7. The highest BCUT2D eigenvalue weighted by Gasteiger charge is 2.37. The van der Waals surface area contributed by atoms with Crippen LogP contribution in [0, 0.1) is 13.8 Å². The maximum absolute atomic E-state index is 13.7. The van der Waals surface area contributed by atoms with Crippen molar-refractivity contribution in [2.24, 2.45) is 0 Å². The van der Waals surface area contributed by atoms with Gasteiger partial charge in [0.05, 0.1) is 6.26 Å². The Morgan fingerprint density at radius 2 is 1.82 bits per heavy atom. The third-order valence-corrected chi connectivity index (χ3v) is 7.87. The summed E-state index contributed by atoms with van der Waals surface area (Å²) in [5.41, 5.74) is 6.34. The zero-order valence-corrected chi connectivity index (χ0v) is 22.8. The van der Waals surface area contributed by atoms with Crippen LogP contribution in [0.2, 0.25) is 0 Å². The molecule has 1 unspecified atom stereocenters. The Kier molecular flexibility index (Phi) is 7.13. The molecule has 2 aromatic heterocycles. The van der Waals surface area contributed by atoms with Crippen LogP contribution in [0.25, 0.3) is 6.08 Å². The number of furan rings is 1. The minimum absolute atomic E-state index is 0.0798. The van der Waals surface area contributed by atoms with E-state index in [-0.39, 0.29) is 11.7 Å². The first kappa shape index (κ1) is 25.9. The number of nitrogens with zero attached hydrogens (tertiary/aromatic N) is 6. The molecule has 0 N–H and O–H groups in total. The van der Waals surface area contributed by atoms with E-state index in [4.69, 9.17) is 4.42 Å². The van der Waals surface area contributed by atoms with Gasteiger partial charge in [0, 0.05) is 44.7 Å². The second-order valence-electron chi connectivity index (χ2n) is 10.6. The smallest absolute Gasteiger partial charge is 0.289 e. The quantitative estimate of drug-likeness (QED) is 0.354. The number of rotatable bonds is 7. The summed E-state index contributed by atoms with van der Waals surface area (Å²) in [6.07, 6.45) is 4.66. The number of amides is 1. The van der Waals surface area contributed by atoms with Gasteiger partial charge in [-0.15, -0.1) is 5.10 Å². The molecule has 0 bridgehead atoms. The molecule has 1 fully saturated rings. The van der Waals surface area contributed by atoms with Gasteiger partial charge in [-0.3, -0.25) is 14.5 Å². The van der Waals surface area contributed by atoms with E-state index >= 15 is 0 Å². The van der Waals surface area contributed by atoms with E-state index < -0.39 is 6.04 Å². The normalized spacial score (nSPS) is 16.5. The molecule has 0 spiro atoms. The number of tetrazole rings is 1. The first-order valence-electron chi connectivity index (χ1n) is 13.7. The lowest BCUT2D eigenvalue weighted by molar-refractivity contribution is -0.115. The molecule has 3 heterocycles. The summed E-state index contributed by atoms with van der Waals surface area (Å²) >= 11 is 0. The predicted octanol–water partition coefficient (Wildman–Crippen LogP) is 3.83. The van der Waals surface area contributed by atoms with E-state index in [1.807, 2.05) is 29.0 Å². The van der Waals surface area contributed by atoms with Crippen LogP contribution in [0.5, 0.6) is 0 Å². The minimum Gasteiger partial charge on any atom is -0.459 e. The third-order valence-electron chi connectivity index (χ3n) is 7.87. The average molecular weight is 537 g/mol. The first-order chi connectivity index (χ1) is 19.5. The van der Waals surface area contributed by atoms with E-state index in [2.05, 4.69) is 58.5 Å². The zero-order chi connectivity index (χ0) is 27.6. The van der Waals surface area contributed by atoms with Crippen LogP contribution in [0.15, 0.2) is 70.9 Å². The number of carbonyl (C=O) groups excluding carboxylic acids is 2. The highest BCUT2D eigenvalue weighted by atomic mass is 16.3. The lowest BCUT2D eigenvalue weighted by Gasteiger charge is -2.39. The fourth-order valence-electron chi connectivity index (χ4n) is 5.83. The molecular weight excluding hydrogens is 504 g/mol. The molecule has 1 amide bonds. The number of aromatic nitrogens is 4. The molecule has 2 aliphatic rings. The van der Waals surface area contributed by atoms with Gasteiger partial charge in [-0.05, 0) is 71.2 Å². The summed E-state index contributed by atoms with van der Waals surface area (Å²) in [5, 5.41) is 12.8. The van der Waals surface area contributed by atoms with E-state index in [1.54, 1.807) is 17.0 Å². The standard InChI is InChI=1S/C31H32N6O3/c1-21-17-22(2)25-20-27(38)26(19-24(25)18-21)29(30-32-33-34-37(30)11-10-23-7-4-3-5-8-23)35-12-14-36(15-13-35)31(39)28-9-6-16-40-28/h3-9,16-19,29H,10-15,20H2,1-2H3. The van der Waals surface area contributed by atoms with Gasteiger partial charge in [0.1, 0.15) is 6.04 Å². The molecule has 9 heteroatoms. The lowest BCUT2D eigenvalue weighted by atomic mass is 9.84. The van der Waals surface area contributed by atoms with Crippen LogP contribution in [-0.2, 0) is 24.2 Å². The Hall–Kier alpha value is -4.37. The first-order valence-corrected chi connectivity index (χ1v) is 13.7. The Balaban J connectivity index is 1.33. The summed E-state index contributed by atoms with van der Waals surface area (Å²) in [6, 6.07) is 17.5. The largest absolute Gasteiger partial charge is 0.459 e. The molecule has 1 aliphatic heterocycles. The number of hydrogen-bond donors (Lipinski definition) is 0. The number of aryl methyl sites for hydroxylation is 4. The fourth-order valence-corrected chi connectivity index (χ4v) is 5.83. The van der Waals surface area contributed by atoms with E-state index in [0.717, 1.165) is 28.7 Å². The number of Topliss-reactive ketones (excluding diaryl/α,β-unsaturated/α-hetero) is 1. The Labute approximate surface area is 233 Å². The molecule has 40 heavy (non-hydrogen) atoms. The highest BCUT2D eigenvalue weighted by molar-refractivity contribution is 6.05. The van der Waals surface area contributed by atoms with Gasteiger partial charge in [-0.2, -0.15) is 0 Å². The molecule has 1 aliphatic carbocycles. The van der Waals surface area contributed by atoms with Crippen molar-refractivity contribution in [3.63, 3.8) is 0 Å². The summed E-state index contributed by atoms with van der Waals surface area (Å²) in [7, 11) is 0. The molecule has 6 rings (SSSR count). The number of carbonyl (C=O) groups is 2. The fraction of sp³-hybridized carbons (Fsp3) is 0.323. The van der Waals surface area contributed by atoms with Crippen molar-refractivity contribution in [2.75, 3.05) is 26.2 Å². The van der Waals surface area contributed by atoms with Crippen molar-refractivity contribution < 1.29 is 14.0 Å². The summed E-state index contributed by atoms with van der Waals surface area (Å²) in [5.74, 6) is 0.939. The van der Waals surface area contributed by atoms with Gasteiger partial charge < -0.3 is 9.32 Å². The number of hydrogen-bond acceptors (Lipinski definition) is 7. The van der Waals surface area contributed by atoms with Gasteiger partial charge in [0.15, 0.2) is 17.4 Å². The Morgan fingerprint density at radius 1 is 1.02 bits per heavy atom. The monoisotopic (exact) mass is 536 g/mol. The predicted molar refractivity (Wildman–Crippen MR) is 149 cm³/mol. The highest BCUT2D eigenvalue weighted by Crippen LogP contribution is 2.36. The van der Waals surface area contributed by atoms with Crippen molar-refractivity contribution in [2.45, 2.75) is 39.3 Å². The molecule has 9 nitrogen and oxygen atoms in total. The van der Waals surface area contributed by atoms with Crippen molar-refractivity contribution in [1.29, 1.82) is 0 Å². The van der Waals surface area contributed by atoms with E-state index in [1.165, 1.54) is 11.8 Å². The Morgan fingerprint density at radius 3 is 2.58 bits per heavy atom. The molecule has 1 saturated heterocycles. The van der Waals surface area contributed by atoms with Crippen LogP contribution >= 0.6 is 0 Å². The van der Waals surface area contributed by atoms with E-state index in [0.29, 0.717) is 56.3 Å². The average Bonchev–Trinajstić information content (AvgIpc) is 3.66. The number of fused-ring (bicyclic) bond motifs is 1. The molecule has 4 aromatic rings. The topological polar surface area (TPSA) is 97.4 Å². The van der Waals surface area contributed by atoms with Crippen LogP contribution in [0.4, 0.5) is 0 Å². The molecule has 0 radical (unpaired) electrons. The Bertz CT molecular complexity index is 1550. The van der Waals surface area contributed by atoms with Gasteiger partial charge in [-0.25, -0.2) is 4.68 Å². The second-order valence-corrected chi connectivity index (χ2v) is 10.6. The van der Waals surface area contributed by atoms with Gasteiger partial charge in [0.25, 0.3) is 5.91 Å². The third kappa shape index (κ3) is 5.12. The van der Waals surface area contributed by atoms with Crippen molar-refractivity contribution in [3.8, 4) is 0 Å². The van der Waals surface area contributed by atoms with Crippen LogP contribution in [0.1, 0.15) is 50.2 Å². The summed E-state index contributed by atoms with van der Waals surface area (Å²) < 4.78 is 7.16. The minimum atomic E-state index is -0.423. The van der Waals surface area contributed by atoms with Gasteiger partial charge in [-0.1, -0.05) is 48.0 Å². The second kappa shape index (κ2) is 11.0. The summed E-state index contributed by atoms with van der Waals surface area (Å²) in [6.45, 7) is 6.91. The molecule has 2 aromatic carbocycles.